The minimum absolute atomic E-state index is 0. The van der Waals surface area contributed by atoms with E-state index in [0.717, 1.165) is 6.42 Å². The van der Waals surface area contributed by atoms with Crippen molar-refractivity contribution in [2.75, 3.05) is 0 Å². The van der Waals surface area contributed by atoms with E-state index in [-0.39, 0.29) is 7.43 Å². The smallest absolute Gasteiger partial charge is 0.0279 e. The monoisotopic (exact) mass is 238 g/mol. The Morgan fingerprint density at radius 3 is 1.82 bits per heavy atom. The minimum atomic E-state index is 0. The molecule has 0 aliphatic heterocycles. The fourth-order valence-corrected chi connectivity index (χ4v) is 1.60. The van der Waals surface area contributed by atoms with Gasteiger partial charge < -0.3 is 0 Å². The van der Waals surface area contributed by atoms with Gasteiger partial charge in [0, 0.05) is 0 Å². The van der Waals surface area contributed by atoms with Crippen LogP contribution in [0.3, 0.4) is 0 Å². The Balaban J connectivity index is -0.000000355. The Bertz CT molecular complexity index is 248. The van der Waals surface area contributed by atoms with Gasteiger partial charge in [-0.05, 0) is 30.9 Å². The number of hydrogen-bond acceptors (Lipinski definition) is 0. The zero-order chi connectivity index (χ0) is 13.0. The Morgan fingerprint density at radius 1 is 0.882 bits per heavy atom. The minimum Gasteiger partial charge on any atom is -0.0776 e. The lowest BCUT2D eigenvalue weighted by atomic mass is 9.99. The Labute approximate surface area is 110 Å². The van der Waals surface area contributed by atoms with Crippen molar-refractivity contribution in [3.63, 3.8) is 0 Å². The highest BCUT2D eigenvalue weighted by Crippen LogP contribution is 2.14. The van der Waals surface area contributed by atoms with E-state index in [2.05, 4.69) is 39.0 Å². The molecule has 0 heteroatoms. The highest BCUT2D eigenvalue weighted by atomic mass is 14.0. The summed E-state index contributed by atoms with van der Waals surface area (Å²) in [6, 6.07) is 6.79. The zero-order valence-corrected chi connectivity index (χ0v) is 12.4. The molecule has 0 spiro atoms. The van der Waals surface area contributed by atoms with Crippen LogP contribution in [0.1, 0.15) is 72.1 Å². The molecule has 17 heavy (non-hydrogen) atoms. The average Bonchev–Trinajstić information content (AvgIpc) is 2.35. The maximum Gasteiger partial charge on any atom is -0.0279 e. The summed E-state index contributed by atoms with van der Waals surface area (Å²) in [4.78, 5) is 0. The molecule has 0 bridgehead atoms. The second kappa shape index (κ2) is 15.2. The normalized spacial score (nSPS) is 7.94. The Kier molecular flexibility index (Phi) is 19.2. The van der Waals surface area contributed by atoms with E-state index in [4.69, 9.17) is 0 Å². The van der Waals surface area contributed by atoms with Crippen molar-refractivity contribution in [1.29, 1.82) is 0 Å². The predicted octanol–water partition coefficient (Wildman–Crippen LogP) is 6.20. The lowest BCUT2D eigenvalue weighted by Gasteiger charge is -2.07. The topological polar surface area (TPSA) is 0 Å². The third kappa shape index (κ3) is 8.97. The number of hydrogen-bond donors (Lipinski definition) is 0. The van der Waals surface area contributed by atoms with Crippen molar-refractivity contribution in [2.45, 2.75) is 75.2 Å². The molecule has 0 fully saturated rings. The van der Waals surface area contributed by atoms with Crippen LogP contribution in [0.15, 0.2) is 18.2 Å². The highest BCUT2D eigenvalue weighted by Gasteiger charge is 1.98. The van der Waals surface area contributed by atoms with Crippen LogP contribution in [0, 0.1) is 6.92 Å². The van der Waals surface area contributed by atoms with Crippen molar-refractivity contribution in [3.8, 4) is 0 Å². The van der Waals surface area contributed by atoms with Gasteiger partial charge in [0.2, 0.25) is 0 Å². The molecule has 0 radical (unpaired) electrons. The molecule has 0 amide bonds. The van der Waals surface area contributed by atoms with Crippen molar-refractivity contribution >= 4 is 0 Å². The summed E-state index contributed by atoms with van der Waals surface area (Å²) >= 11 is 0. The van der Waals surface area contributed by atoms with Gasteiger partial charge in [0.25, 0.3) is 0 Å². The Hall–Kier alpha value is -0.780. The van der Waals surface area contributed by atoms with E-state index in [1.165, 1.54) is 24.0 Å². The lowest BCUT2D eigenvalue weighted by molar-refractivity contribution is 0.897. The van der Waals surface area contributed by atoms with Gasteiger partial charge in [0.05, 0.1) is 0 Å². The largest absolute Gasteiger partial charge is 0.0776 e. The second-order valence-electron chi connectivity index (χ2n) is 3.38. The van der Waals surface area contributed by atoms with Crippen molar-refractivity contribution in [3.05, 3.63) is 34.9 Å². The van der Waals surface area contributed by atoms with E-state index in [0.29, 0.717) is 0 Å². The van der Waals surface area contributed by atoms with Crippen LogP contribution in [0.25, 0.3) is 0 Å². The van der Waals surface area contributed by atoms with E-state index < -0.39 is 0 Å². The van der Waals surface area contributed by atoms with Crippen LogP contribution in [-0.4, -0.2) is 0 Å². The summed E-state index contributed by atoms with van der Waals surface area (Å²) in [7, 11) is 0. The molecule has 0 aliphatic carbocycles. The molecule has 1 rings (SSSR count). The van der Waals surface area contributed by atoms with Crippen molar-refractivity contribution < 1.29 is 0 Å². The molecular weight excluding hydrogens is 204 g/mol. The molecular formula is C17H34. The SMILES string of the molecule is C.CC.CC.CCCc1cc(C)ccc1CC. The summed E-state index contributed by atoms with van der Waals surface area (Å²) in [6.07, 6.45) is 3.64. The first-order valence-electron chi connectivity index (χ1n) is 6.86. The molecule has 0 saturated heterocycles. The standard InChI is InChI=1S/C12H18.2C2H6.CH4/c1-4-6-12-9-10(3)7-8-11(12)5-2;2*1-2;/h7-9H,4-6H2,1-3H3;2*1-2H3;1H4. The maximum atomic E-state index is 2.32. The Morgan fingerprint density at radius 2 is 1.41 bits per heavy atom. The summed E-state index contributed by atoms with van der Waals surface area (Å²) in [5.74, 6) is 0. The molecule has 0 N–H and O–H groups in total. The number of rotatable bonds is 3. The van der Waals surface area contributed by atoms with Crippen molar-refractivity contribution in [1.82, 2.24) is 0 Å². The van der Waals surface area contributed by atoms with Crippen LogP contribution in [0.5, 0.6) is 0 Å². The molecule has 1 aromatic rings. The van der Waals surface area contributed by atoms with E-state index >= 15 is 0 Å². The molecule has 0 atom stereocenters. The summed E-state index contributed by atoms with van der Waals surface area (Å²) < 4.78 is 0. The van der Waals surface area contributed by atoms with Gasteiger partial charge in [-0.3, -0.25) is 0 Å². The van der Waals surface area contributed by atoms with Crippen LogP contribution in [-0.2, 0) is 12.8 Å². The summed E-state index contributed by atoms with van der Waals surface area (Å²) in [5, 5.41) is 0. The predicted molar refractivity (Wildman–Crippen MR) is 84.0 cm³/mol. The van der Waals surface area contributed by atoms with E-state index in [1.54, 1.807) is 5.56 Å². The summed E-state index contributed by atoms with van der Waals surface area (Å²) in [5.41, 5.74) is 4.44. The molecule has 0 aliphatic rings. The van der Waals surface area contributed by atoms with Crippen LogP contribution >= 0.6 is 0 Å². The van der Waals surface area contributed by atoms with Crippen LogP contribution < -0.4 is 0 Å². The highest BCUT2D eigenvalue weighted by molar-refractivity contribution is 5.31. The second-order valence-corrected chi connectivity index (χ2v) is 3.38. The molecule has 0 unspecified atom stereocenters. The van der Waals surface area contributed by atoms with Crippen molar-refractivity contribution in [2.24, 2.45) is 0 Å². The third-order valence-corrected chi connectivity index (χ3v) is 2.26. The van der Waals surface area contributed by atoms with Gasteiger partial charge in [-0.2, -0.15) is 0 Å². The molecule has 0 heterocycles. The van der Waals surface area contributed by atoms with Gasteiger partial charge >= 0.3 is 0 Å². The average molecular weight is 238 g/mol. The quantitative estimate of drug-likeness (QED) is 0.588. The molecule has 0 aromatic heterocycles. The number of benzene rings is 1. The van der Waals surface area contributed by atoms with Gasteiger partial charge in [-0.15, -0.1) is 0 Å². The zero-order valence-electron chi connectivity index (χ0n) is 12.4. The van der Waals surface area contributed by atoms with E-state index in [1.807, 2.05) is 27.7 Å². The fraction of sp³-hybridized carbons (Fsp3) is 0.647. The molecule has 102 valence electrons. The van der Waals surface area contributed by atoms with E-state index in [9.17, 15) is 0 Å². The van der Waals surface area contributed by atoms with Gasteiger partial charge in [-0.1, -0.05) is 79.2 Å². The van der Waals surface area contributed by atoms with Gasteiger partial charge in [-0.25, -0.2) is 0 Å². The molecule has 0 saturated carbocycles. The van der Waals surface area contributed by atoms with Gasteiger partial charge in [0.1, 0.15) is 0 Å². The fourth-order valence-electron chi connectivity index (χ4n) is 1.60. The third-order valence-electron chi connectivity index (χ3n) is 2.26. The first-order chi connectivity index (χ1) is 7.77. The van der Waals surface area contributed by atoms with Gasteiger partial charge in [0.15, 0.2) is 0 Å². The first-order valence-corrected chi connectivity index (χ1v) is 6.86. The lowest BCUT2D eigenvalue weighted by Crippen LogP contribution is -1.92. The van der Waals surface area contributed by atoms with Crippen LogP contribution in [0.4, 0.5) is 0 Å². The molecule has 1 aromatic carbocycles. The van der Waals surface area contributed by atoms with Crippen LogP contribution in [0.2, 0.25) is 0 Å². The molecule has 0 nitrogen and oxygen atoms in total. The number of aryl methyl sites for hydroxylation is 3. The first kappa shape index (κ1) is 21.5. The summed E-state index contributed by atoms with van der Waals surface area (Å²) in [6.45, 7) is 14.6. The maximum absolute atomic E-state index is 2.32.